The van der Waals surface area contributed by atoms with Gasteiger partial charge in [-0.2, -0.15) is 8.42 Å². The SMILES string of the molecule is O=S(=O)(O)CCc1cccnc1Br. The molecule has 13 heavy (non-hydrogen) atoms. The fourth-order valence-corrected chi connectivity index (χ4v) is 1.77. The van der Waals surface area contributed by atoms with Gasteiger partial charge in [0.2, 0.25) is 0 Å². The van der Waals surface area contributed by atoms with Crippen LogP contribution in [0.4, 0.5) is 0 Å². The highest BCUT2D eigenvalue weighted by atomic mass is 79.9. The van der Waals surface area contributed by atoms with Gasteiger partial charge in [-0.15, -0.1) is 0 Å². The second-order valence-electron chi connectivity index (χ2n) is 2.49. The van der Waals surface area contributed by atoms with Crippen molar-refractivity contribution in [2.45, 2.75) is 6.42 Å². The molecule has 1 aromatic heterocycles. The third-order valence-corrected chi connectivity index (χ3v) is 2.90. The zero-order valence-electron chi connectivity index (χ0n) is 6.64. The van der Waals surface area contributed by atoms with E-state index < -0.39 is 10.1 Å². The maximum Gasteiger partial charge on any atom is 0.265 e. The van der Waals surface area contributed by atoms with Crippen LogP contribution in [0.1, 0.15) is 5.56 Å². The minimum Gasteiger partial charge on any atom is -0.286 e. The van der Waals surface area contributed by atoms with Crippen molar-refractivity contribution < 1.29 is 13.0 Å². The van der Waals surface area contributed by atoms with E-state index in [0.717, 1.165) is 5.56 Å². The first kappa shape index (κ1) is 10.6. The highest BCUT2D eigenvalue weighted by molar-refractivity contribution is 9.10. The Morgan fingerprint density at radius 1 is 1.54 bits per heavy atom. The summed E-state index contributed by atoms with van der Waals surface area (Å²) in [4.78, 5) is 3.92. The Morgan fingerprint density at radius 3 is 2.77 bits per heavy atom. The number of nitrogens with zero attached hydrogens (tertiary/aromatic N) is 1. The number of aromatic nitrogens is 1. The van der Waals surface area contributed by atoms with E-state index in [-0.39, 0.29) is 12.2 Å². The predicted octanol–water partition coefficient (Wildman–Crippen LogP) is 1.27. The Kier molecular flexibility index (Phi) is 3.40. The second kappa shape index (κ2) is 4.17. The number of pyridine rings is 1. The van der Waals surface area contributed by atoms with Gasteiger partial charge in [-0.3, -0.25) is 4.55 Å². The Morgan fingerprint density at radius 2 is 2.23 bits per heavy atom. The van der Waals surface area contributed by atoms with E-state index in [1.807, 2.05) is 0 Å². The molecule has 72 valence electrons. The molecule has 1 rings (SSSR count). The number of aryl methyl sites for hydroxylation is 1. The van der Waals surface area contributed by atoms with Gasteiger partial charge < -0.3 is 0 Å². The zero-order valence-corrected chi connectivity index (χ0v) is 9.05. The Balaban J connectivity index is 2.71. The monoisotopic (exact) mass is 265 g/mol. The van der Waals surface area contributed by atoms with Gasteiger partial charge in [-0.05, 0) is 34.0 Å². The zero-order chi connectivity index (χ0) is 9.90. The lowest BCUT2D eigenvalue weighted by Crippen LogP contribution is -2.07. The third kappa shape index (κ3) is 3.84. The van der Waals surface area contributed by atoms with Crippen LogP contribution >= 0.6 is 15.9 Å². The molecule has 6 heteroatoms. The van der Waals surface area contributed by atoms with Gasteiger partial charge in [-0.1, -0.05) is 6.07 Å². The number of hydrogen-bond donors (Lipinski definition) is 1. The quantitative estimate of drug-likeness (QED) is 0.661. The van der Waals surface area contributed by atoms with Crippen LogP contribution in [-0.4, -0.2) is 23.7 Å². The van der Waals surface area contributed by atoms with Crippen molar-refractivity contribution in [2.75, 3.05) is 5.75 Å². The van der Waals surface area contributed by atoms with Crippen molar-refractivity contribution in [1.29, 1.82) is 0 Å². The molecule has 0 aliphatic heterocycles. The maximum atomic E-state index is 10.4. The van der Waals surface area contributed by atoms with Gasteiger partial charge in [0.15, 0.2) is 0 Å². The van der Waals surface area contributed by atoms with E-state index in [1.54, 1.807) is 18.3 Å². The van der Waals surface area contributed by atoms with Crippen molar-refractivity contribution in [3.8, 4) is 0 Å². The Hall–Kier alpha value is -0.460. The minimum absolute atomic E-state index is 0.257. The van der Waals surface area contributed by atoms with Crippen LogP contribution in [0, 0.1) is 0 Å². The van der Waals surface area contributed by atoms with Crippen molar-refractivity contribution in [1.82, 2.24) is 4.98 Å². The summed E-state index contributed by atoms with van der Waals surface area (Å²) in [6, 6.07) is 3.46. The van der Waals surface area contributed by atoms with Crippen LogP contribution in [0.5, 0.6) is 0 Å². The molecule has 0 aromatic carbocycles. The van der Waals surface area contributed by atoms with E-state index in [2.05, 4.69) is 20.9 Å². The number of rotatable bonds is 3. The first-order chi connectivity index (χ1) is 5.99. The molecule has 0 saturated heterocycles. The van der Waals surface area contributed by atoms with Crippen molar-refractivity contribution in [3.05, 3.63) is 28.5 Å². The molecule has 0 spiro atoms. The first-order valence-corrected chi connectivity index (χ1v) is 5.94. The van der Waals surface area contributed by atoms with Crippen LogP contribution in [0.2, 0.25) is 0 Å². The molecule has 0 aliphatic carbocycles. The van der Waals surface area contributed by atoms with Gasteiger partial charge in [0, 0.05) is 6.20 Å². The molecule has 1 N–H and O–H groups in total. The molecule has 0 unspecified atom stereocenters. The van der Waals surface area contributed by atoms with E-state index in [9.17, 15) is 8.42 Å². The standard InChI is InChI=1S/C7H8BrNO3S/c8-7-6(2-1-4-9-7)3-5-13(10,11)12/h1-2,4H,3,5H2,(H,10,11,12). The summed E-state index contributed by atoms with van der Waals surface area (Å²) in [6.45, 7) is 0. The summed E-state index contributed by atoms with van der Waals surface area (Å²) in [7, 11) is -3.89. The van der Waals surface area contributed by atoms with Crippen LogP contribution in [0.15, 0.2) is 22.9 Å². The molecule has 0 atom stereocenters. The van der Waals surface area contributed by atoms with E-state index >= 15 is 0 Å². The maximum absolute atomic E-state index is 10.4. The van der Waals surface area contributed by atoms with Gasteiger partial charge in [-0.25, -0.2) is 4.98 Å². The minimum atomic E-state index is -3.89. The van der Waals surface area contributed by atoms with Crippen molar-refractivity contribution >= 4 is 26.0 Å². The lowest BCUT2D eigenvalue weighted by atomic mass is 10.2. The molecule has 0 radical (unpaired) electrons. The van der Waals surface area contributed by atoms with E-state index in [0.29, 0.717) is 4.60 Å². The number of halogens is 1. The molecule has 1 heterocycles. The van der Waals surface area contributed by atoms with Gasteiger partial charge in [0.05, 0.1) is 5.75 Å². The van der Waals surface area contributed by atoms with Gasteiger partial charge in [0.25, 0.3) is 10.1 Å². The average Bonchev–Trinajstić information content (AvgIpc) is 2.01. The van der Waals surface area contributed by atoms with Crippen LogP contribution in [0.25, 0.3) is 0 Å². The molecule has 4 nitrogen and oxygen atoms in total. The first-order valence-electron chi connectivity index (χ1n) is 3.53. The molecule has 0 aliphatic rings. The highest BCUT2D eigenvalue weighted by Gasteiger charge is 2.07. The predicted molar refractivity (Wildman–Crippen MR) is 52.1 cm³/mol. The molecule has 0 fully saturated rings. The van der Waals surface area contributed by atoms with Crippen molar-refractivity contribution in [3.63, 3.8) is 0 Å². The molecular formula is C7H8BrNO3S. The van der Waals surface area contributed by atoms with Crippen LogP contribution in [0.3, 0.4) is 0 Å². The third-order valence-electron chi connectivity index (χ3n) is 1.47. The average molecular weight is 266 g/mol. The second-order valence-corrected chi connectivity index (χ2v) is 4.81. The summed E-state index contributed by atoms with van der Waals surface area (Å²) >= 11 is 3.18. The summed E-state index contributed by atoms with van der Waals surface area (Å²) in [5, 5.41) is 0. The highest BCUT2D eigenvalue weighted by Crippen LogP contribution is 2.13. The lowest BCUT2D eigenvalue weighted by Gasteiger charge is -2.00. The Labute approximate surface area is 84.9 Å². The smallest absolute Gasteiger partial charge is 0.265 e. The summed E-state index contributed by atoms with van der Waals surface area (Å²) < 4.78 is 30.0. The Bertz CT molecular complexity index is 390. The van der Waals surface area contributed by atoms with Crippen molar-refractivity contribution in [2.24, 2.45) is 0 Å². The molecule has 0 saturated carbocycles. The number of hydrogen-bond acceptors (Lipinski definition) is 3. The molecule has 0 bridgehead atoms. The molecular weight excluding hydrogens is 258 g/mol. The summed E-state index contributed by atoms with van der Waals surface area (Å²) in [6.07, 6.45) is 1.86. The van der Waals surface area contributed by atoms with Gasteiger partial charge >= 0.3 is 0 Å². The molecule has 1 aromatic rings. The fourth-order valence-electron chi connectivity index (χ4n) is 0.845. The fraction of sp³-hybridized carbons (Fsp3) is 0.286. The molecule has 0 amide bonds. The van der Waals surface area contributed by atoms with Crippen LogP contribution in [-0.2, 0) is 16.5 Å². The summed E-state index contributed by atoms with van der Waals surface area (Å²) in [5.74, 6) is -0.280. The largest absolute Gasteiger partial charge is 0.286 e. The summed E-state index contributed by atoms with van der Waals surface area (Å²) in [5.41, 5.74) is 0.764. The van der Waals surface area contributed by atoms with Gasteiger partial charge in [0.1, 0.15) is 4.60 Å². The van der Waals surface area contributed by atoms with Crippen LogP contribution < -0.4 is 0 Å². The van der Waals surface area contributed by atoms with E-state index in [4.69, 9.17) is 4.55 Å². The topological polar surface area (TPSA) is 67.3 Å². The van der Waals surface area contributed by atoms with E-state index in [1.165, 1.54) is 0 Å². The lowest BCUT2D eigenvalue weighted by molar-refractivity contribution is 0.482. The normalized spacial score (nSPS) is 11.5.